The van der Waals surface area contributed by atoms with E-state index in [0.29, 0.717) is 30.5 Å². The van der Waals surface area contributed by atoms with Gasteiger partial charge in [0.2, 0.25) is 0 Å². The van der Waals surface area contributed by atoms with Crippen LogP contribution in [0.5, 0.6) is 23.0 Å². The largest absolute Gasteiger partial charge is 0.493 e. The van der Waals surface area contributed by atoms with Gasteiger partial charge in [-0.1, -0.05) is 56.1 Å². The number of nitrogens with zero attached hydrogens (tertiary/aromatic N) is 1. The fraction of sp³-hybridized carbons (Fsp3) is 0.345. The number of aromatic nitrogens is 1. The molecule has 0 unspecified atom stereocenters. The van der Waals surface area contributed by atoms with E-state index in [9.17, 15) is 0 Å². The smallest absolute Gasteiger partial charge is 0.161 e. The number of hydrogen-bond donors (Lipinski definition) is 0. The molecule has 3 aromatic rings. The van der Waals surface area contributed by atoms with Crippen molar-refractivity contribution in [3.63, 3.8) is 0 Å². The van der Waals surface area contributed by atoms with Gasteiger partial charge in [-0.3, -0.25) is 0 Å². The summed E-state index contributed by atoms with van der Waals surface area (Å²) in [5.74, 6) is 3.58. The maximum Gasteiger partial charge on any atom is 0.161 e. The lowest BCUT2D eigenvalue weighted by molar-refractivity contribution is 0.288. The Bertz CT molecular complexity index is 1030. The summed E-state index contributed by atoms with van der Waals surface area (Å²) in [5.41, 5.74) is 2.69. The van der Waals surface area contributed by atoms with Crippen molar-refractivity contribution in [1.82, 2.24) is 5.16 Å². The number of benzene rings is 2. The van der Waals surface area contributed by atoms with Crippen LogP contribution in [0.1, 0.15) is 62.1 Å². The van der Waals surface area contributed by atoms with Gasteiger partial charge in [0.05, 0.1) is 27.4 Å². The van der Waals surface area contributed by atoms with Crippen molar-refractivity contribution in [2.24, 2.45) is 0 Å². The molecule has 1 heterocycles. The van der Waals surface area contributed by atoms with Crippen LogP contribution in [0.3, 0.4) is 0 Å². The molecule has 0 amide bonds. The molecule has 0 aliphatic rings. The summed E-state index contributed by atoms with van der Waals surface area (Å²) in [6, 6.07) is 13.6. The second kappa shape index (κ2) is 13.9. The molecule has 1 aromatic heterocycles. The van der Waals surface area contributed by atoms with Gasteiger partial charge in [-0.15, -0.1) is 0 Å². The van der Waals surface area contributed by atoms with Gasteiger partial charge in [0.1, 0.15) is 5.69 Å². The molecule has 0 atom stereocenters. The van der Waals surface area contributed by atoms with E-state index in [1.807, 2.05) is 66.8 Å². The molecule has 0 N–H and O–H groups in total. The molecule has 3 rings (SSSR count). The van der Waals surface area contributed by atoms with Crippen molar-refractivity contribution < 1.29 is 23.5 Å². The topological polar surface area (TPSA) is 63.0 Å². The van der Waals surface area contributed by atoms with Gasteiger partial charge in [0.25, 0.3) is 0 Å². The van der Waals surface area contributed by atoms with Crippen LogP contribution in [0.2, 0.25) is 0 Å². The summed E-state index contributed by atoms with van der Waals surface area (Å²) >= 11 is 0. The Morgan fingerprint density at radius 2 is 1.23 bits per heavy atom. The Morgan fingerprint density at radius 1 is 0.686 bits per heavy atom. The average molecular weight is 478 g/mol. The molecular formula is C29H35NO5. The molecule has 2 aromatic carbocycles. The zero-order chi connectivity index (χ0) is 24.9. The maximum absolute atomic E-state index is 5.80. The molecule has 35 heavy (non-hydrogen) atoms. The number of hydrogen-bond acceptors (Lipinski definition) is 6. The zero-order valence-electron chi connectivity index (χ0n) is 21.1. The molecule has 0 saturated carbocycles. The number of ether oxygens (including phenoxy) is 4. The normalized spacial score (nSPS) is 11.3. The molecule has 6 nitrogen and oxygen atoms in total. The lowest BCUT2D eigenvalue weighted by Crippen LogP contribution is -1.98. The first-order chi connectivity index (χ1) is 17.2. The number of methoxy groups -OCH3 is 2. The Hall–Kier alpha value is -3.67. The van der Waals surface area contributed by atoms with Gasteiger partial charge in [-0.2, -0.15) is 0 Å². The number of unbranched alkanes of at least 4 members (excludes halogenated alkanes) is 2. The highest BCUT2D eigenvalue weighted by Crippen LogP contribution is 2.30. The maximum atomic E-state index is 5.80. The van der Waals surface area contributed by atoms with Crippen LogP contribution in [0.25, 0.3) is 24.3 Å². The summed E-state index contributed by atoms with van der Waals surface area (Å²) in [5, 5.41) is 4.13. The third kappa shape index (κ3) is 7.95. The average Bonchev–Trinajstić information content (AvgIpc) is 3.35. The molecule has 0 aliphatic heterocycles. The summed E-state index contributed by atoms with van der Waals surface area (Å²) in [4.78, 5) is 0. The lowest BCUT2D eigenvalue weighted by atomic mass is 10.1. The van der Waals surface area contributed by atoms with E-state index in [2.05, 4.69) is 19.0 Å². The summed E-state index contributed by atoms with van der Waals surface area (Å²) in [7, 11) is 3.29. The van der Waals surface area contributed by atoms with E-state index in [1.165, 1.54) is 0 Å². The molecule has 0 saturated heterocycles. The Morgan fingerprint density at radius 3 is 1.74 bits per heavy atom. The second-order valence-electron chi connectivity index (χ2n) is 8.05. The Balaban J connectivity index is 1.63. The predicted molar refractivity (Wildman–Crippen MR) is 141 cm³/mol. The van der Waals surface area contributed by atoms with Crippen LogP contribution in [-0.2, 0) is 0 Å². The molecular weight excluding hydrogens is 442 g/mol. The minimum absolute atomic E-state index is 0.657. The van der Waals surface area contributed by atoms with Gasteiger partial charge >= 0.3 is 0 Å². The minimum Gasteiger partial charge on any atom is -0.493 e. The zero-order valence-corrected chi connectivity index (χ0v) is 21.1. The van der Waals surface area contributed by atoms with Gasteiger partial charge < -0.3 is 23.5 Å². The second-order valence-corrected chi connectivity index (χ2v) is 8.05. The molecule has 186 valence electrons. The molecule has 6 heteroatoms. The van der Waals surface area contributed by atoms with Crippen LogP contribution in [0.4, 0.5) is 0 Å². The highest BCUT2D eigenvalue weighted by atomic mass is 16.5. The summed E-state index contributed by atoms with van der Waals surface area (Å²) < 4.78 is 28.0. The van der Waals surface area contributed by atoms with E-state index in [0.717, 1.165) is 54.0 Å². The van der Waals surface area contributed by atoms with Crippen molar-refractivity contribution in [2.75, 3.05) is 27.4 Å². The summed E-state index contributed by atoms with van der Waals surface area (Å²) in [6.45, 7) is 5.64. The third-order valence-corrected chi connectivity index (χ3v) is 5.32. The fourth-order valence-electron chi connectivity index (χ4n) is 3.29. The van der Waals surface area contributed by atoms with Crippen molar-refractivity contribution in [2.45, 2.75) is 39.5 Å². The molecule has 0 fully saturated rings. The molecule has 0 radical (unpaired) electrons. The molecule has 0 bridgehead atoms. The van der Waals surface area contributed by atoms with Crippen molar-refractivity contribution in [1.29, 1.82) is 0 Å². The van der Waals surface area contributed by atoms with Crippen LogP contribution >= 0.6 is 0 Å². The van der Waals surface area contributed by atoms with Crippen molar-refractivity contribution in [3.8, 4) is 23.0 Å². The van der Waals surface area contributed by atoms with E-state index in [1.54, 1.807) is 14.2 Å². The van der Waals surface area contributed by atoms with Crippen LogP contribution < -0.4 is 18.9 Å². The minimum atomic E-state index is 0.657. The van der Waals surface area contributed by atoms with Crippen LogP contribution in [0, 0.1) is 0 Å². The van der Waals surface area contributed by atoms with Gasteiger partial charge in [0, 0.05) is 6.07 Å². The third-order valence-electron chi connectivity index (χ3n) is 5.32. The Kier molecular flexibility index (Phi) is 10.3. The predicted octanol–water partition coefficient (Wildman–Crippen LogP) is 7.39. The van der Waals surface area contributed by atoms with Gasteiger partial charge in [-0.25, -0.2) is 0 Å². The first-order valence-corrected chi connectivity index (χ1v) is 12.1. The fourth-order valence-corrected chi connectivity index (χ4v) is 3.29. The highest BCUT2D eigenvalue weighted by Gasteiger charge is 2.06. The van der Waals surface area contributed by atoms with E-state index in [-0.39, 0.29) is 0 Å². The Labute approximate surface area is 208 Å². The number of rotatable bonds is 14. The first-order valence-electron chi connectivity index (χ1n) is 12.1. The van der Waals surface area contributed by atoms with Gasteiger partial charge in [-0.05, 0) is 60.4 Å². The van der Waals surface area contributed by atoms with Crippen molar-refractivity contribution >= 4 is 24.3 Å². The molecule has 0 spiro atoms. The standard InChI is InChI=1S/C29H35NO5/c1-5-7-17-33-26-15-11-22(19-28(26)31-3)9-13-24-21-25(35-30-24)14-10-23-12-16-27(29(20-23)32-4)34-18-8-6-2/h9-16,19-21H,5-8,17-18H2,1-4H3/b13-9+,14-10+. The van der Waals surface area contributed by atoms with E-state index >= 15 is 0 Å². The monoisotopic (exact) mass is 477 g/mol. The van der Waals surface area contributed by atoms with Crippen molar-refractivity contribution in [3.05, 3.63) is 65.0 Å². The van der Waals surface area contributed by atoms with Crippen LogP contribution in [-0.4, -0.2) is 32.6 Å². The quantitative estimate of drug-likeness (QED) is 0.226. The van der Waals surface area contributed by atoms with Crippen LogP contribution in [0.15, 0.2) is 47.0 Å². The van der Waals surface area contributed by atoms with E-state index in [4.69, 9.17) is 23.5 Å². The first kappa shape index (κ1) is 25.9. The SMILES string of the molecule is CCCCOc1ccc(/C=C/c2cc(/C=C/c3ccc(OCCCC)c(OC)c3)on2)cc1OC. The van der Waals surface area contributed by atoms with Gasteiger partial charge in [0.15, 0.2) is 28.8 Å². The lowest BCUT2D eigenvalue weighted by Gasteiger charge is -2.10. The van der Waals surface area contributed by atoms with E-state index < -0.39 is 0 Å². The summed E-state index contributed by atoms with van der Waals surface area (Å²) in [6.07, 6.45) is 11.9. The molecule has 0 aliphatic carbocycles. The highest BCUT2D eigenvalue weighted by molar-refractivity contribution is 5.72.